The van der Waals surface area contributed by atoms with E-state index in [4.69, 9.17) is 4.98 Å². The number of amides is 1. The highest BCUT2D eigenvalue weighted by Gasteiger charge is 2.15. The van der Waals surface area contributed by atoms with Gasteiger partial charge in [-0.25, -0.2) is 9.37 Å². The Kier molecular flexibility index (Phi) is 5.38. The molecule has 0 atom stereocenters. The molecule has 32 heavy (non-hydrogen) atoms. The number of fused-ring (bicyclic) bond motifs is 2. The maximum Gasteiger partial charge on any atom is 0.240 e. The van der Waals surface area contributed by atoms with Crippen LogP contribution in [0.25, 0.3) is 21.8 Å². The average molecular weight is 423 g/mol. The van der Waals surface area contributed by atoms with Crippen LogP contribution in [0.5, 0.6) is 0 Å². The number of hydrogen-bond acceptors (Lipinski definition) is 2. The van der Waals surface area contributed by atoms with Crippen molar-refractivity contribution in [2.45, 2.75) is 19.5 Å². The van der Waals surface area contributed by atoms with Crippen molar-refractivity contribution in [2.75, 3.05) is 0 Å². The van der Waals surface area contributed by atoms with E-state index in [0.717, 1.165) is 22.4 Å². The molecule has 1 aromatic heterocycles. The van der Waals surface area contributed by atoms with Crippen molar-refractivity contribution in [2.24, 2.45) is 0 Å². The highest BCUT2D eigenvalue weighted by atomic mass is 19.1. The first-order valence-corrected chi connectivity index (χ1v) is 10.6. The minimum atomic E-state index is -0.289. The Balaban J connectivity index is 1.42. The summed E-state index contributed by atoms with van der Waals surface area (Å²) < 4.78 is 15.1. The summed E-state index contributed by atoms with van der Waals surface area (Å²) in [5, 5.41) is 5.31. The Hall–Kier alpha value is -3.99. The van der Waals surface area contributed by atoms with Gasteiger partial charge in [0.2, 0.25) is 5.91 Å². The summed E-state index contributed by atoms with van der Waals surface area (Å²) >= 11 is 0. The lowest BCUT2D eigenvalue weighted by Gasteiger charge is -2.11. The standard InChI is InChI=1S/C27H22FN3O/c28-22-14-12-19(13-15-22)17-29-27(32)18-31-25-11-4-3-10-24(25)30-26(31)16-21-8-5-7-20-6-1-2-9-23(20)21/h1-15H,16-18H2,(H,29,32). The topological polar surface area (TPSA) is 46.9 Å². The second-order valence-electron chi connectivity index (χ2n) is 7.82. The fourth-order valence-corrected chi connectivity index (χ4v) is 4.06. The SMILES string of the molecule is O=C(Cn1c(Cc2cccc3ccccc23)nc2ccccc21)NCc1ccc(F)cc1. The van der Waals surface area contributed by atoms with E-state index in [1.807, 2.05) is 41.0 Å². The zero-order valence-electron chi connectivity index (χ0n) is 17.5. The zero-order chi connectivity index (χ0) is 21.9. The third-order valence-electron chi connectivity index (χ3n) is 5.67. The smallest absolute Gasteiger partial charge is 0.240 e. The molecular formula is C27H22FN3O. The third-order valence-corrected chi connectivity index (χ3v) is 5.67. The lowest BCUT2D eigenvalue weighted by atomic mass is 10.0. The van der Waals surface area contributed by atoms with Gasteiger partial charge in [-0.15, -0.1) is 0 Å². The van der Waals surface area contributed by atoms with Crippen molar-refractivity contribution in [1.29, 1.82) is 0 Å². The number of imidazole rings is 1. The molecule has 4 aromatic carbocycles. The lowest BCUT2D eigenvalue weighted by Crippen LogP contribution is -2.27. The van der Waals surface area contributed by atoms with Gasteiger partial charge < -0.3 is 9.88 Å². The minimum absolute atomic E-state index is 0.114. The molecule has 1 amide bonds. The number of benzene rings is 4. The molecule has 5 heteroatoms. The van der Waals surface area contributed by atoms with Gasteiger partial charge in [-0.1, -0.05) is 66.7 Å². The molecule has 0 unspecified atom stereocenters. The Labute approximate surface area is 185 Å². The molecule has 0 aliphatic heterocycles. The van der Waals surface area contributed by atoms with Crippen molar-refractivity contribution in [3.63, 3.8) is 0 Å². The van der Waals surface area contributed by atoms with Crippen LogP contribution in [0.3, 0.4) is 0 Å². The van der Waals surface area contributed by atoms with Crippen LogP contribution in [0.15, 0.2) is 91.0 Å². The maximum absolute atomic E-state index is 13.1. The van der Waals surface area contributed by atoms with Crippen LogP contribution < -0.4 is 5.32 Å². The highest BCUT2D eigenvalue weighted by molar-refractivity contribution is 5.86. The fourth-order valence-electron chi connectivity index (χ4n) is 4.06. The fraction of sp³-hybridized carbons (Fsp3) is 0.111. The Morgan fingerprint density at radius 3 is 2.50 bits per heavy atom. The molecule has 158 valence electrons. The number of nitrogens with zero attached hydrogens (tertiary/aromatic N) is 2. The number of nitrogens with one attached hydrogen (secondary N) is 1. The van der Waals surface area contributed by atoms with Crippen LogP contribution in [-0.4, -0.2) is 15.5 Å². The second kappa shape index (κ2) is 8.63. The van der Waals surface area contributed by atoms with E-state index < -0.39 is 0 Å². The first kappa shape index (κ1) is 19.9. The molecule has 4 nitrogen and oxygen atoms in total. The number of aromatic nitrogens is 2. The largest absolute Gasteiger partial charge is 0.350 e. The van der Waals surface area contributed by atoms with Gasteiger partial charge in [0.15, 0.2) is 0 Å². The van der Waals surface area contributed by atoms with E-state index in [1.165, 1.54) is 28.5 Å². The van der Waals surface area contributed by atoms with Crippen LogP contribution in [0.4, 0.5) is 4.39 Å². The van der Waals surface area contributed by atoms with E-state index >= 15 is 0 Å². The molecule has 0 spiro atoms. The monoisotopic (exact) mass is 423 g/mol. The summed E-state index contributed by atoms with van der Waals surface area (Å²) in [6, 6.07) is 28.6. The van der Waals surface area contributed by atoms with Gasteiger partial charge in [0.1, 0.15) is 18.2 Å². The highest BCUT2D eigenvalue weighted by Crippen LogP contribution is 2.23. The van der Waals surface area contributed by atoms with E-state index in [9.17, 15) is 9.18 Å². The van der Waals surface area contributed by atoms with Crippen molar-refractivity contribution in [3.05, 3.63) is 114 Å². The molecule has 0 radical (unpaired) electrons. The van der Waals surface area contributed by atoms with Gasteiger partial charge in [-0.3, -0.25) is 4.79 Å². The average Bonchev–Trinajstić information content (AvgIpc) is 3.16. The van der Waals surface area contributed by atoms with Crippen LogP contribution in [0.1, 0.15) is 17.0 Å². The number of para-hydroxylation sites is 2. The lowest BCUT2D eigenvalue weighted by molar-refractivity contribution is -0.121. The molecule has 0 aliphatic carbocycles. The van der Waals surface area contributed by atoms with Gasteiger partial charge in [-0.2, -0.15) is 0 Å². The summed E-state index contributed by atoms with van der Waals surface area (Å²) in [6.45, 7) is 0.520. The zero-order valence-corrected chi connectivity index (χ0v) is 17.5. The van der Waals surface area contributed by atoms with E-state index in [-0.39, 0.29) is 18.3 Å². The van der Waals surface area contributed by atoms with Crippen molar-refractivity contribution < 1.29 is 9.18 Å². The molecule has 0 saturated carbocycles. The Morgan fingerprint density at radius 1 is 0.875 bits per heavy atom. The van der Waals surface area contributed by atoms with Crippen LogP contribution in [0, 0.1) is 5.82 Å². The van der Waals surface area contributed by atoms with Crippen molar-refractivity contribution in [3.8, 4) is 0 Å². The number of carbonyl (C=O) groups is 1. The molecular weight excluding hydrogens is 401 g/mol. The minimum Gasteiger partial charge on any atom is -0.350 e. The van der Waals surface area contributed by atoms with Crippen LogP contribution in [-0.2, 0) is 24.3 Å². The molecule has 1 N–H and O–H groups in total. The van der Waals surface area contributed by atoms with Crippen LogP contribution >= 0.6 is 0 Å². The predicted octanol–water partition coefficient (Wildman–Crippen LogP) is 5.24. The van der Waals surface area contributed by atoms with E-state index in [0.29, 0.717) is 13.0 Å². The number of hydrogen-bond donors (Lipinski definition) is 1. The molecule has 1 heterocycles. The Bertz CT molecular complexity index is 1400. The first-order chi connectivity index (χ1) is 15.7. The summed E-state index contributed by atoms with van der Waals surface area (Å²) in [6.07, 6.45) is 0.626. The van der Waals surface area contributed by atoms with Crippen LogP contribution in [0.2, 0.25) is 0 Å². The van der Waals surface area contributed by atoms with Gasteiger partial charge in [0, 0.05) is 13.0 Å². The molecule has 5 aromatic rings. The van der Waals surface area contributed by atoms with E-state index in [1.54, 1.807) is 12.1 Å². The molecule has 0 fully saturated rings. The van der Waals surface area contributed by atoms with Gasteiger partial charge in [0.25, 0.3) is 0 Å². The predicted molar refractivity (Wildman–Crippen MR) is 125 cm³/mol. The Morgan fingerprint density at radius 2 is 1.62 bits per heavy atom. The molecule has 0 aliphatic rings. The van der Waals surface area contributed by atoms with Crippen molar-refractivity contribution >= 4 is 27.7 Å². The number of carbonyl (C=O) groups excluding carboxylic acids is 1. The summed E-state index contributed by atoms with van der Waals surface area (Å²) in [4.78, 5) is 17.6. The summed E-state index contributed by atoms with van der Waals surface area (Å²) in [7, 11) is 0. The van der Waals surface area contributed by atoms with E-state index in [2.05, 4.69) is 35.6 Å². The first-order valence-electron chi connectivity index (χ1n) is 10.6. The van der Waals surface area contributed by atoms with Gasteiger partial charge in [-0.05, 0) is 46.2 Å². The third kappa shape index (κ3) is 4.10. The van der Waals surface area contributed by atoms with Gasteiger partial charge >= 0.3 is 0 Å². The van der Waals surface area contributed by atoms with Gasteiger partial charge in [0.05, 0.1) is 11.0 Å². The summed E-state index contributed by atoms with van der Waals surface area (Å²) in [5.41, 5.74) is 3.83. The molecule has 0 bridgehead atoms. The molecule has 0 saturated heterocycles. The number of rotatable bonds is 6. The normalized spacial score (nSPS) is 11.2. The quantitative estimate of drug-likeness (QED) is 0.406. The van der Waals surface area contributed by atoms with Crippen molar-refractivity contribution in [1.82, 2.24) is 14.9 Å². The maximum atomic E-state index is 13.1. The molecule has 5 rings (SSSR count). The summed E-state index contributed by atoms with van der Waals surface area (Å²) in [5.74, 6) is 0.444. The second-order valence-corrected chi connectivity index (χ2v) is 7.82. The number of halogens is 1.